The molecule has 0 rings (SSSR count). The summed E-state index contributed by atoms with van der Waals surface area (Å²) in [5.41, 5.74) is 3.44. The fraction of sp³-hybridized carbons (Fsp3) is 0.211. The molecule has 4 heteroatoms. The lowest BCUT2D eigenvalue weighted by atomic mass is 10.0. The highest BCUT2D eigenvalue weighted by molar-refractivity contribution is 8.06. The molecular weight excluding hydrogens is 308 g/mol. The Kier molecular flexibility index (Phi) is 12.0. The molecule has 0 amide bonds. The number of hydrogen-bond donors (Lipinski definition) is 1. The molecule has 3 nitrogen and oxygen atoms in total. The second-order valence-corrected chi connectivity index (χ2v) is 5.47. The Hall–Kier alpha value is -2.29. The molecule has 0 aliphatic rings. The average Bonchev–Trinajstić information content (AvgIpc) is 2.50. The van der Waals surface area contributed by atoms with Crippen molar-refractivity contribution < 1.29 is 14.7 Å². The number of rotatable bonds is 12. The van der Waals surface area contributed by atoms with Crippen LogP contribution in [0.15, 0.2) is 77.8 Å². The molecule has 0 aromatic rings. The predicted molar refractivity (Wildman–Crippen MR) is 98.1 cm³/mol. The standard InChI is InChI=1S/C19H22O3S/c1-4-6-7-11-16(3)23-15-9-8-12-17(5-2)18(20)13-10-14-19(21)22/h4-6,9,11-12,15H,1-3,8,10,13-14H2,(H,21,22)/b15-9+,17-12?. The van der Waals surface area contributed by atoms with Gasteiger partial charge >= 0.3 is 5.97 Å². The predicted octanol–water partition coefficient (Wildman–Crippen LogP) is 4.97. The Labute approximate surface area is 142 Å². The van der Waals surface area contributed by atoms with Gasteiger partial charge in [-0.3, -0.25) is 9.59 Å². The van der Waals surface area contributed by atoms with Crippen LogP contribution in [0, 0.1) is 0 Å². The minimum absolute atomic E-state index is 0.00261. The molecule has 0 atom stereocenters. The maximum atomic E-state index is 11.9. The first-order chi connectivity index (χ1) is 11.0. The highest BCUT2D eigenvalue weighted by Crippen LogP contribution is 2.16. The summed E-state index contributed by atoms with van der Waals surface area (Å²) in [6.45, 7) is 11.0. The fourth-order valence-corrected chi connectivity index (χ4v) is 2.00. The van der Waals surface area contributed by atoms with Crippen molar-refractivity contribution in [3.05, 3.63) is 77.8 Å². The average molecular weight is 330 g/mol. The zero-order valence-electron chi connectivity index (χ0n) is 13.2. The smallest absolute Gasteiger partial charge is 0.303 e. The van der Waals surface area contributed by atoms with Gasteiger partial charge < -0.3 is 5.11 Å². The number of Topliss-reactive ketones (excluding diaryl/α,β-unsaturated/α-hetero) is 1. The molecule has 1 N–H and O–H groups in total. The van der Waals surface area contributed by atoms with Crippen LogP contribution < -0.4 is 0 Å². The number of carbonyl (C=O) groups excluding carboxylic acids is 1. The van der Waals surface area contributed by atoms with E-state index in [-0.39, 0.29) is 18.6 Å². The normalized spacial score (nSPS) is 10.7. The lowest BCUT2D eigenvalue weighted by Gasteiger charge is -2.00. The van der Waals surface area contributed by atoms with Gasteiger partial charge in [-0.2, -0.15) is 0 Å². The van der Waals surface area contributed by atoms with E-state index >= 15 is 0 Å². The lowest BCUT2D eigenvalue weighted by molar-refractivity contribution is -0.137. The minimum atomic E-state index is -0.890. The van der Waals surface area contributed by atoms with Crippen molar-refractivity contribution in [1.82, 2.24) is 0 Å². The fourth-order valence-electron chi connectivity index (χ4n) is 1.48. The molecule has 0 fully saturated rings. The summed E-state index contributed by atoms with van der Waals surface area (Å²) >= 11 is 1.46. The second-order valence-electron chi connectivity index (χ2n) is 4.44. The van der Waals surface area contributed by atoms with Crippen LogP contribution in [0.3, 0.4) is 0 Å². The third-order valence-corrected chi connectivity index (χ3v) is 3.33. The van der Waals surface area contributed by atoms with E-state index in [0.29, 0.717) is 18.4 Å². The van der Waals surface area contributed by atoms with Crippen molar-refractivity contribution >= 4 is 23.5 Å². The molecule has 0 heterocycles. The first-order valence-corrected chi connectivity index (χ1v) is 8.01. The third-order valence-electron chi connectivity index (χ3n) is 2.58. The van der Waals surface area contributed by atoms with Gasteiger partial charge in [-0.1, -0.05) is 55.8 Å². The van der Waals surface area contributed by atoms with Crippen LogP contribution in [0.5, 0.6) is 0 Å². The van der Waals surface area contributed by atoms with E-state index in [1.165, 1.54) is 17.8 Å². The quantitative estimate of drug-likeness (QED) is 0.312. The molecule has 0 saturated heterocycles. The first-order valence-electron chi connectivity index (χ1n) is 7.13. The SMILES string of the molecule is C=CC=C=CC(=C)S/C=C/CC=C(C=C)C(=O)CCCC(=O)O. The number of hydrogen-bond acceptors (Lipinski definition) is 3. The summed E-state index contributed by atoms with van der Waals surface area (Å²) < 4.78 is 0. The van der Waals surface area contributed by atoms with Gasteiger partial charge in [0.2, 0.25) is 0 Å². The summed E-state index contributed by atoms with van der Waals surface area (Å²) in [6.07, 6.45) is 11.5. The van der Waals surface area contributed by atoms with E-state index in [0.717, 1.165) is 4.91 Å². The summed E-state index contributed by atoms with van der Waals surface area (Å²) in [4.78, 5) is 23.1. The van der Waals surface area contributed by atoms with E-state index in [4.69, 9.17) is 5.11 Å². The van der Waals surface area contributed by atoms with E-state index in [9.17, 15) is 9.59 Å². The summed E-state index contributed by atoms with van der Waals surface area (Å²) in [6, 6.07) is 0. The van der Waals surface area contributed by atoms with Crippen molar-refractivity contribution in [3.8, 4) is 0 Å². The molecule has 0 aliphatic carbocycles. The number of allylic oxidation sites excluding steroid dienone is 6. The molecule has 122 valence electrons. The van der Waals surface area contributed by atoms with Crippen molar-refractivity contribution in [2.75, 3.05) is 0 Å². The molecule has 23 heavy (non-hydrogen) atoms. The lowest BCUT2D eigenvalue weighted by Crippen LogP contribution is -2.02. The van der Waals surface area contributed by atoms with Crippen molar-refractivity contribution in [1.29, 1.82) is 0 Å². The van der Waals surface area contributed by atoms with E-state index in [1.54, 1.807) is 24.3 Å². The van der Waals surface area contributed by atoms with E-state index in [2.05, 4.69) is 25.5 Å². The van der Waals surface area contributed by atoms with Crippen LogP contribution in [0.4, 0.5) is 0 Å². The Morgan fingerprint density at radius 3 is 2.57 bits per heavy atom. The number of ketones is 1. The van der Waals surface area contributed by atoms with Gasteiger partial charge in [0, 0.05) is 23.3 Å². The maximum Gasteiger partial charge on any atom is 0.303 e. The molecule has 0 spiro atoms. The van der Waals surface area contributed by atoms with Crippen molar-refractivity contribution in [3.63, 3.8) is 0 Å². The topological polar surface area (TPSA) is 54.4 Å². The van der Waals surface area contributed by atoms with Crippen LogP contribution in [0.2, 0.25) is 0 Å². The Morgan fingerprint density at radius 2 is 1.96 bits per heavy atom. The van der Waals surface area contributed by atoms with Gasteiger partial charge in [-0.05, 0) is 30.4 Å². The minimum Gasteiger partial charge on any atom is -0.481 e. The maximum absolute atomic E-state index is 11.9. The summed E-state index contributed by atoms with van der Waals surface area (Å²) in [5.74, 6) is -0.969. The molecule has 0 aliphatic heterocycles. The number of thioether (sulfide) groups is 1. The van der Waals surface area contributed by atoms with Gasteiger partial charge in [0.25, 0.3) is 0 Å². The van der Waals surface area contributed by atoms with Crippen molar-refractivity contribution in [2.45, 2.75) is 25.7 Å². The Morgan fingerprint density at radius 1 is 1.22 bits per heavy atom. The monoisotopic (exact) mass is 330 g/mol. The van der Waals surface area contributed by atoms with Crippen LogP contribution in [0.25, 0.3) is 0 Å². The molecule has 0 aromatic heterocycles. The van der Waals surface area contributed by atoms with E-state index < -0.39 is 5.97 Å². The molecule has 0 saturated carbocycles. The van der Waals surface area contributed by atoms with Gasteiger partial charge in [0.1, 0.15) is 0 Å². The van der Waals surface area contributed by atoms with Crippen LogP contribution in [-0.4, -0.2) is 16.9 Å². The number of carbonyl (C=O) groups is 2. The molecule has 0 radical (unpaired) electrons. The second kappa shape index (κ2) is 13.4. The van der Waals surface area contributed by atoms with Gasteiger partial charge in [0.15, 0.2) is 5.78 Å². The van der Waals surface area contributed by atoms with Gasteiger partial charge in [-0.15, -0.1) is 5.73 Å². The van der Waals surface area contributed by atoms with Gasteiger partial charge in [-0.25, -0.2) is 0 Å². The number of aliphatic carboxylic acids is 1. The number of carboxylic acid groups (broad SMARTS) is 1. The Bertz CT molecular complexity index is 573. The first kappa shape index (κ1) is 20.7. The molecular formula is C19H22O3S. The summed E-state index contributed by atoms with van der Waals surface area (Å²) in [5, 5.41) is 10.4. The van der Waals surface area contributed by atoms with Gasteiger partial charge in [0.05, 0.1) is 0 Å². The molecule has 0 aromatic carbocycles. The summed E-state index contributed by atoms with van der Waals surface area (Å²) in [7, 11) is 0. The Balaban J connectivity index is 4.30. The third kappa shape index (κ3) is 12.0. The van der Waals surface area contributed by atoms with Crippen molar-refractivity contribution in [2.24, 2.45) is 0 Å². The van der Waals surface area contributed by atoms with Crippen LogP contribution in [-0.2, 0) is 9.59 Å². The highest BCUT2D eigenvalue weighted by Gasteiger charge is 2.06. The largest absolute Gasteiger partial charge is 0.481 e. The zero-order chi connectivity index (χ0) is 17.5. The number of carboxylic acids is 1. The molecule has 0 bridgehead atoms. The highest BCUT2D eigenvalue weighted by atomic mass is 32.2. The van der Waals surface area contributed by atoms with E-state index in [1.807, 2.05) is 11.5 Å². The zero-order valence-corrected chi connectivity index (χ0v) is 14.0. The molecule has 0 unspecified atom stereocenters. The van der Waals surface area contributed by atoms with Crippen LogP contribution in [0.1, 0.15) is 25.7 Å². The van der Waals surface area contributed by atoms with Crippen LogP contribution >= 0.6 is 11.8 Å².